The first-order valence-electron chi connectivity index (χ1n) is 9.18. The third-order valence-electron chi connectivity index (χ3n) is 5.21. The largest absolute Gasteiger partial charge is 0.369 e. The summed E-state index contributed by atoms with van der Waals surface area (Å²) in [7, 11) is 0. The molecule has 0 saturated carbocycles. The second-order valence-corrected chi connectivity index (χ2v) is 7.05. The molecule has 0 aromatic carbocycles. The van der Waals surface area contributed by atoms with Gasteiger partial charge in [0.2, 0.25) is 0 Å². The van der Waals surface area contributed by atoms with E-state index in [1.807, 2.05) is 23.4 Å². The molecular formula is C17H25N7O2. The molecule has 1 amide bonds. The maximum absolute atomic E-state index is 13.0. The zero-order valence-corrected chi connectivity index (χ0v) is 15.3. The fourth-order valence-electron chi connectivity index (χ4n) is 3.77. The van der Waals surface area contributed by atoms with Crippen LogP contribution in [0.1, 0.15) is 41.7 Å². The fraction of sp³-hybridized carbons (Fsp3) is 0.647. The minimum atomic E-state index is -0.0450. The first-order chi connectivity index (χ1) is 12.6. The third kappa shape index (κ3) is 3.36. The Balaban J connectivity index is 1.35. The molecular weight excluding hydrogens is 334 g/mol. The maximum atomic E-state index is 13.0. The molecule has 0 unspecified atom stereocenters. The van der Waals surface area contributed by atoms with Crippen molar-refractivity contribution in [1.29, 1.82) is 0 Å². The minimum Gasteiger partial charge on any atom is -0.369 e. The van der Waals surface area contributed by atoms with Gasteiger partial charge in [-0.1, -0.05) is 0 Å². The Morgan fingerprint density at radius 1 is 1.27 bits per heavy atom. The van der Waals surface area contributed by atoms with Crippen molar-refractivity contribution in [3.8, 4) is 0 Å². The summed E-state index contributed by atoms with van der Waals surface area (Å²) in [5, 5.41) is 11.5. The predicted molar refractivity (Wildman–Crippen MR) is 93.6 cm³/mol. The van der Waals surface area contributed by atoms with Gasteiger partial charge in [-0.15, -0.1) is 0 Å². The van der Waals surface area contributed by atoms with E-state index >= 15 is 0 Å². The summed E-state index contributed by atoms with van der Waals surface area (Å²) < 4.78 is 7.64. The average Bonchev–Trinajstić information content (AvgIpc) is 3.29. The van der Waals surface area contributed by atoms with Crippen molar-refractivity contribution < 1.29 is 9.53 Å². The summed E-state index contributed by atoms with van der Waals surface area (Å²) in [5.41, 5.74) is 2.53. The summed E-state index contributed by atoms with van der Waals surface area (Å²) in [4.78, 5) is 21.2. The monoisotopic (exact) mass is 359 g/mol. The van der Waals surface area contributed by atoms with E-state index in [0.717, 1.165) is 56.9 Å². The number of rotatable bonds is 4. The van der Waals surface area contributed by atoms with Gasteiger partial charge in [0.25, 0.3) is 5.91 Å². The van der Waals surface area contributed by atoms with Crippen molar-refractivity contribution in [2.75, 3.05) is 32.7 Å². The van der Waals surface area contributed by atoms with Gasteiger partial charge in [-0.3, -0.25) is 19.5 Å². The summed E-state index contributed by atoms with van der Waals surface area (Å²) in [6.45, 7) is 8.93. The molecule has 0 spiro atoms. The quantitative estimate of drug-likeness (QED) is 0.854. The van der Waals surface area contributed by atoms with Crippen LogP contribution in [0, 0.1) is 0 Å². The number of aromatic nitrogens is 5. The Kier molecular flexibility index (Phi) is 4.73. The normalized spacial score (nSPS) is 23.8. The Bertz CT molecular complexity index is 749. The van der Waals surface area contributed by atoms with Gasteiger partial charge in [-0.25, -0.2) is 4.98 Å². The van der Waals surface area contributed by atoms with Crippen LogP contribution in [0.15, 0.2) is 12.7 Å². The van der Waals surface area contributed by atoms with Crippen LogP contribution in [0.25, 0.3) is 0 Å². The average molecular weight is 359 g/mol. The lowest BCUT2D eigenvalue weighted by molar-refractivity contribution is -0.00704. The summed E-state index contributed by atoms with van der Waals surface area (Å²) in [5.74, 6) is 0.0275. The van der Waals surface area contributed by atoms with E-state index < -0.39 is 0 Å². The second kappa shape index (κ2) is 7.16. The van der Waals surface area contributed by atoms with Gasteiger partial charge in [-0.2, -0.15) is 10.2 Å². The van der Waals surface area contributed by atoms with Crippen LogP contribution in [0.2, 0.25) is 0 Å². The lowest BCUT2D eigenvalue weighted by Gasteiger charge is -2.34. The van der Waals surface area contributed by atoms with E-state index in [0.29, 0.717) is 5.69 Å². The highest BCUT2D eigenvalue weighted by Gasteiger charge is 2.32. The zero-order valence-electron chi connectivity index (χ0n) is 15.3. The Hall–Kier alpha value is -2.26. The molecule has 9 nitrogen and oxygen atoms in total. The van der Waals surface area contributed by atoms with Crippen molar-refractivity contribution in [2.45, 2.75) is 39.0 Å². The molecule has 26 heavy (non-hydrogen) atoms. The van der Waals surface area contributed by atoms with Gasteiger partial charge in [0.05, 0.1) is 24.4 Å². The van der Waals surface area contributed by atoms with E-state index in [-0.39, 0.29) is 18.1 Å². The molecule has 140 valence electrons. The van der Waals surface area contributed by atoms with Crippen LogP contribution in [0.3, 0.4) is 0 Å². The van der Waals surface area contributed by atoms with Crippen LogP contribution >= 0.6 is 0 Å². The number of carbonyl (C=O) groups is 1. The van der Waals surface area contributed by atoms with E-state index in [1.54, 1.807) is 12.7 Å². The number of fused-ring (bicyclic) bond motifs is 1. The number of aromatic amines is 1. The van der Waals surface area contributed by atoms with Gasteiger partial charge >= 0.3 is 0 Å². The Morgan fingerprint density at radius 3 is 2.81 bits per heavy atom. The van der Waals surface area contributed by atoms with Crippen LogP contribution in [0.4, 0.5) is 0 Å². The van der Waals surface area contributed by atoms with Crippen molar-refractivity contribution in [3.63, 3.8) is 0 Å². The van der Waals surface area contributed by atoms with E-state index in [2.05, 4.69) is 25.2 Å². The predicted octanol–water partition coefficient (Wildman–Crippen LogP) is 0.481. The molecule has 2 aromatic rings. The van der Waals surface area contributed by atoms with Crippen LogP contribution < -0.4 is 0 Å². The third-order valence-corrected chi connectivity index (χ3v) is 5.21. The summed E-state index contributed by atoms with van der Waals surface area (Å²) in [6, 6.07) is 0. The highest BCUT2D eigenvalue weighted by molar-refractivity contribution is 5.94. The topological polar surface area (TPSA) is 92.2 Å². The minimum absolute atomic E-state index is 0.0275. The number of hydrogen-bond donors (Lipinski definition) is 1. The Morgan fingerprint density at radius 2 is 2.08 bits per heavy atom. The molecule has 4 rings (SSSR count). The number of hydrogen-bond acceptors (Lipinski definition) is 6. The molecule has 2 aliphatic rings. The summed E-state index contributed by atoms with van der Waals surface area (Å²) >= 11 is 0. The number of ether oxygens (including phenoxy) is 1. The van der Waals surface area contributed by atoms with Gasteiger partial charge in [0.15, 0.2) is 5.69 Å². The zero-order chi connectivity index (χ0) is 18.1. The van der Waals surface area contributed by atoms with Gasteiger partial charge < -0.3 is 9.64 Å². The fourth-order valence-corrected chi connectivity index (χ4v) is 3.77. The van der Waals surface area contributed by atoms with E-state index in [4.69, 9.17) is 4.74 Å². The van der Waals surface area contributed by atoms with Crippen LogP contribution in [0.5, 0.6) is 0 Å². The van der Waals surface area contributed by atoms with Crippen molar-refractivity contribution in [1.82, 2.24) is 34.8 Å². The number of piperazine rings is 1. The molecule has 1 N–H and O–H groups in total. The number of nitrogens with one attached hydrogen (secondary N) is 1. The van der Waals surface area contributed by atoms with E-state index in [9.17, 15) is 4.79 Å². The molecule has 1 saturated heterocycles. The standard InChI is InChI=1S/C17H25N7O2/c1-12-9-14-15(13(2)26-12)20-21-16(14)17(25)23-6-3-22(4-7-23)5-8-24-11-18-10-19-24/h10-13H,3-9H2,1-2H3,(H,20,21)/t12-,13+/m1/s1. The highest BCUT2D eigenvalue weighted by atomic mass is 16.5. The molecule has 4 heterocycles. The van der Waals surface area contributed by atoms with Crippen molar-refractivity contribution in [2.24, 2.45) is 0 Å². The van der Waals surface area contributed by atoms with Crippen LogP contribution in [-0.2, 0) is 17.7 Å². The van der Waals surface area contributed by atoms with Crippen LogP contribution in [-0.4, -0.2) is 79.5 Å². The van der Waals surface area contributed by atoms with Gasteiger partial charge in [0.1, 0.15) is 12.7 Å². The molecule has 1 fully saturated rings. The molecule has 0 aliphatic carbocycles. The second-order valence-electron chi connectivity index (χ2n) is 7.05. The first-order valence-corrected chi connectivity index (χ1v) is 9.18. The summed E-state index contributed by atoms with van der Waals surface area (Å²) in [6.07, 6.45) is 4.07. The smallest absolute Gasteiger partial charge is 0.274 e. The maximum Gasteiger partial charge on any atom is 0.274 e. The first kappa shape index (κ1) is 17.2. The SMILES string of the molecule is C[C@@H]1Cc2c(C(=O)N3CCN(CCn4cncn4)CC3)n[nH]c2[C@H](C)O1. The van der Waals surface area contributed by atoms with Crippen molar-refractivity contribution in [3.05, 3.63) is 29.6 Å². The molecule has 0 radical (unpaired) electrons. The van der Waals surface area contributed by atoms with Gasteiger partial charge in [-0.05, 0) is 13.8 Å². The highest BCUT2D eigenvalue weighted by Crippen LogP contribution is 2.30. The number of amides is 1. The molecule has 2 atom stereocenters. The van der Waals surface area contributed by atoms with E-state index in [1.165, 1.54) is 0 Å². The number of carbonyl (C=O) groups excluding carboxylic acids is 1. The molecule has 9 heteroatoms. The molecule has 2 aromatic heterocycles. The Labute approximate surface area is 152 Å². The van der Waals surface area contributed by atoms with Crippen molar-refractivity contribution >= 4 is 5.91 Å². The number of H-pyrrole nitrogens is 1. The lowest BCUT2D eigenvalue weighted by atomic mass is 9.99. The molecule has 2 aliphatic heterocycles. The molecule has 0 bridgehead atoms. The van der Waals surface area contributed by atoms with Gasteiger partial charge in [0, 0.05) is 44.7 Å². The number of nitrogens with zero attached hydrogens (tertiary/aromatic N) is 6. The lowest BCUT2D eigenvalue weighted by Crippen LogP contribution is -2.49.